The van der Waals surface area contributed by atoms with Gasteiger partial charge in [0.1, 0.15) is 11.4 Å². The Balaban J connectivity index is 2.40. The third-order valence-corrected chi connectivity index (χ3v) is 2.80. The van der Waals surface area contributed by atoms with Gasteiger partial charge in [0.05, 0.1) is 18.5 Å². The molecule has 1 amide bonds. The first kappa shape index (κ1) is 11.5. The smallest absolute Gasteiger partial charge is 0.419 e. The first-order valence-electron chi connectivity index (χ1n) is 5.32. The number of carbonyl (C=O) groups is 1. The number of cyclic esters (lactones) is 1. The number of amides is 1. The molecule has 0 aliphatic carbocycles. The second-order valence-electron chi connectivity index (χ2n) is 4.36. The number of benzene rings is 1. The number of carbonyl (C=O) groups excluding carboxylic acids is 1. The topological polar surface area (TPSA) is 38.8 Å². The molecular weight excluding hydrogens is 218 g/mol. The van der Waals surface area contributed by atoms with E-state index < -0.39 is 11.7 Å². The Morgan fingerprint density at radius 2 is 2.12 bits per heavy atom. The molecule has 0 atom stereocenters. The number of methoxy groups -OCH3 is 1. The molecule has 0 radical (unpaired) electrons. The molecular formula is C13H15NO3. The maximum Gasteiger partial charge on any atom is 0.419 e. The summed E-state index contributed by atoms with van der Waals surface area (Å²) < 4.78 is 10.4. The lowest BCUT2D eigenvalue weighted by atomic mass is 10.1. The van der Waals surface area contributed by atoms with Gasteiger partial charge in [0.15, 0.2) is 0 Å². The van der Waals surface area contributed by atoms with E-state index in [0.717, 1.165) is 0 Å². The lowest BCUT2D eigenvalue weighted by molar-refractivity contribution is 0.0987. The van der Waals surface area contributed by atoms with Crippen LogP contribution in [0.15, 0.2) is 36.5 Å². The Morgan fingerprint density at radius 1 is 1.41 bits per heavy atom. The van der Waals surface area contributed by atoms with E-state index in [1.54, 1.807) is 13.2 Å². The molecule has 0 bridgehead atoms. The highest BCUT2D eigenvalue weighted by atomic mass is 16.6. The van der Waals surface area contributed by atoms with Crippen LogP contribution in [-0.4, -0.2) is 18.8 Å². The number of hydrogen-bond acceptors (Lipinski definition) is 3. The van der Waals surface area contributed by atoms with Crippen molar-refractivity contribution in [1.82, 2.24) is 0 Å². The van der Waals surface area contributed by atoms with Crippen molar-refractivity contribution >= 4 is 11.8 Å². The summed E-state index contributed by atoms with van der Waals surface area (Å²) in [6.45, 7) is 7.54. The average Bonchev–Trinajstić information content (AvgIpc) is 2.48. The van der Waals surface area contributed by atoms with Crippen LogP contribution in [0.3, 0.4) is 0 Å². The fraction of sp³-hybridized carbons (Fsp3) is 0.308. The maximum absolute atomic E-state index is 11.8. The molecule has 90 valence electrons. The van der Waals surface area contributed by atoms with Crippen LogP contribution in [0.1, 0.15) is 13.8 Å². The average molecular weight is 233 g/mol. The van der Waals surface area contributed by atoms with Crippen LogP contribution in [0.2, 0.25) is 0 Å². The van der Waals surface area contributed by atoms with Crippen molar-refractivity contribution in [2.45, 2.75) is 19.4 Å². The predicted molar refractivity (Wildman–Crippen MR) is 65.2 cm³/mol. The molecule has 0 aromatic heterocycles. The molecule has 0 spiro atoms. The summed E-state index contributed by atoms with van der Waals surface area (Å²) in [4.78, 5) is 13.3. The van der Waals surface area contributed by atoms with Crippen LogP contribution in [0.4, 0.5) is 10.5 Å². The molecule has 17 heavy (non-hydrogen) atoms. The second kappa shape index (κ2) is 3.80. The number of hydrogen-bond donors (Lipinski definition) is 0. The third kappa shape index (κ3) is 1.86. The molecule has 1 saturated heterocycles. The van der Waals surface area contributed by atoms with E-state index in [2.05, 4.69) is 6.58 Å². The zero-order chi connectivity index (χ0) is 12.6. The zero-order valence-corrected chi connectivity index (χ0v) is 10.2. The van der Waals surface area contributed by atoms with Crippen molar-refractivity contribution in [1.29, 1.82) is 0 Å². The van der Waals surface area contributed by atoms with Gasteiger partial charge in [-0.05, 0) is 26.0 Å². The van der Waals surface area contributed by atoms with Crippen molar-refractivity contribution in [3.8, 4) is 5.75 Å². The number of nitrogens with zero attached hydrogens (tertiary/aromatic N) is 1. The lowest BCUT2D eigenvalue weighted by Gasteiger charge is -2.19. The Morgan fingerprint density at radius 3 is 2.65 bits per heavy atom. The van der Waals surface area contributed by atoms with Gasteiger partial charge in [0.25, 0.3) is 0 Å². The van der Waals surface area contributed by atoms with Crippen LogP contribution >= 0.6 is 0 Å². The molecule has 0 N–H and O–H groups in total. The van der Waals surface area contributed by atoms with E-state index in [0.29, 0.717) is 17.1 Å². The fourth-order valence-electron chi connectivity index (χ4n) is 1.71. The van der Waals surface area contributed by atoms with Gasteiger partial charge < -0.3 is 9.47 Å². The summed E-state index contributed by atoms with van der Waals surface area (Å²) >= 11 is 0. The van der Waals surface area contributed by atoms with E-state index in [4.69, 9.17) is 9.47 Å². The van der Waals surface area contributed by atoms with E-state index in [9.17, 15) is 4.79 Å². The summed E-state index contributed by atoms with van der Waals surface area (Å²) in [5.41, 5.74) is 0.654. The molecule has 4 heteroatoms. The number of rotatable bonds is 2. The zero-order valence-electron chi connectivity index (χ0n) is 10.2. The van der Waals surface area contributed by atoms with Gasteiger partial charge in [-0.3, -0.25) is 0 Å². The molecule has 0 unspecified atom stereocenters. The minimum absolute atomic E-state index is 0.409. The van der Waals surface area contributed by atoms with Crippen LogP contribution in [0.5, 0.6) is 5.75 Å². The summed E-state index contributed by atoms with van der Waals surface area (Å²) in [5.74, 6) is 0.688. The van der Waals surface area contributed by atoms with Crippen LogP contribution in [-0.2, 0) is 4.74 Å². The predicted octanol–water partition coefficient (Wildman–Crippen LogP) is 2.94. The normalized spacial score (nSPS) is 18.2. The van der Waals surface area contributed by atoms with Crippen molar-refractivity contribution in [2.24, 2.45) is 0 Å². The van der Waals surface area contributed by atoms with Crippen molar-refractivity contribution in [2.75, 3.05) is 12.0 Å². The Bertz CT molecular complexity index is 479. The number of ether oxygens (including phenoxy) is 2. The molecule has 0 saturated carbocycles. The van der Waals surface area contributed by atoms with Crippen molar-refractivity contribution in [3.05, 3.63) is 36.5 Å². The van der Waals surface area contributed by atoms with E-state index >= 15 is 0 Å². The van der Waals surface area contributed by atoms with Crippen LogP contribution in [0, 0.1) is 0 Å². The Kier molecular flexibility index (Phi) is 2.58. The standard InChI is InChI=1S/C13H15NO3/c1-9-13(2,3)17-12(15)14(9)10-6-5-7-11(8-10)16-4/h5-8H,1H2,2-4H3. The van der Waals surface area contributed by atoms with E-state index in [-0.39, 0.29) is 0 Å². The van der Waals surface area contributed by atoms with Crippen LogP contribution in [0.25, 0.3) is 0 Å². The molecule has 1 aliphatic heterocycles. The van der Waals surface area contributed by atoms with Gasteiger partial charge in [0, 0.05) is 6.07 Å². The highest BCUT2D eigenvalue weighted by Crippen LogP contribution is 2.36. The third-order valence-electron chi connectivity index (χ3n) is 2.80. The van der Waals surface area contributed by atoms with E-state index in [1.807, 2.05) is 32.0 Å². The monoisotopic (exact) mass is 233 g/mol. The fourth-order valence-corrected chi connectivity index (χ4v) is 1.71. The molecule has 2 rings (SSSR count). The van der Waals surface area contributed by atoms with Gasteiger partial charge >= 0.3 is 6.09 Å². The highest BCUT2D eigenvalue weighted by Gasteiger charge is 2.42. The molecule has 1 aromatic carbocycles. The van der Waals surface area contributed by atoms with Gasteiger partial charge in [-0.25, -0.2) is 9.69 Å². The minimum Gasteiger partial charge on any atom is -0.497 e. The summed E-state index contributed by atoms with van der Waals surface area (Å²) in [7, 11) is 1.58. The summed E-state index contributed by atoms with van der Waals surface area (Å²) in [6, 6.07) is 7.23. The number of anilines is 1. The first-order valence-corrected chi connectivity index (χ1v) is 5.32. The SMILES string of the molecule is C=C1N(c2cccc(OC)c2)C(=O)OC1(C)C. The van der Waals surface area contributed by atoms with Gasteiger partial charge in [-0.15, -0.1) is 0 Å². The van der Waals surface area contributed by atoms with E-state index in [1.165, 1.54) is 4.90 Å². The quantitative estimate of drug-likeness (QED) is 0.788. The van der Waals surface area contributed by atoms with Gasteiger partial charge in [-0.2, -0.15) is 0 Å². The molecule has 1 fully saturated rings. The second-order valence-corrected chi connectivity index (χ2v) is 4.36. The highest BCUT2D eigenvalue weighted by molar-refractivity contribution is 5.95. The lowest BCUT2D eigenvalue weighted by Crippen LogP contribution is -2.24. The molecule has 1 aliphatic rings. The van der Waals surface area contributed by atoms with Crippen molar-refractivity contribution < 1.29 is 14.3 Å². The van der Waals surface area contributed by atoms with Crippen molar-refractivity contribution in [3.63, 3.8) is 0 Å². The largest absolute Gasteiger partial charge is 0.497 e. The summed E-state index contributed by atoms with van der Waals surface area (Å²) in [5, 5.41) is 0. The van der Waals surface area contributed by atoms with Gasteiger partial charge in [-0.1, -0.05) is 12.6 Å². The first-order chi connectivity index (χ1) is 7.95. The minimum atomic E-state index is -0.667. The molecule has 1 aromatic rings. The molecule has 4 nitrogen and oxygen atoms in total. The molecule has 1 heterocycles. The Hall–Kier alpha value is -1.97. The Labute approximate surface area is 100 Å². The van der Waals surface area contributed by atoms with Crippen LogP contribution < -0.4 is 9.64 Å². The maximum atomic E-state index is 11.8. The van der Waals surface area contributed by atoms with Gasteiger partial charge in [0.2, 0.25) is 0 Å². The summed E-state index contributed by atoms with van der Waals surface area (Å²) in [6.07, 6.45) is -0.409.